The summed E-state index contributed by atoms with van der Waals surface area (Å²) in [6, 6.07) is 6.17. The van der Waals surface area contributed by atoms with E-state index in [-0.39, 0.29) is 30.5 Å². The van der Waals surface area contributed by atoms with Crippen molar-refractivity contribution in [3.63, 3.8) is 0 Å². The Bertz CT molecular complexity index is 743. The van der Waals surface area contributed by atoms with E-state index in [1.807, 2.05) is 0 Å². The Morgan fingerprint density at radius 3 is 2.62 bits per heavy atom. The van der Waals surface area contributed by atoms with Crippen LogP contribution in [0.3, 0.4) is 0 Å². The van der Waals surface area contributed by atoms with Gasteiger partial charge >= 0.3 is 5.97 Å². The van der Waals surface area contributed by atoms with Crippen LogP contribution in [0.4, 0.5) is 5.69 Å². The molecule has 144 valence electrons. The molecule has 8 nitrogen and oxygen atoms in total. The standard InChI is InChI=1S/C17H24N2O6S/c1-24-17(21)14-4-3-5-15(12-14)19(26(2,22)23)9-8-18-16(20)13-6-10-25-11-7-13/h3-5,12-13H,6-11H2,1-2H3,(H,18,20). The molecule has 1 aliphatic heterocycles. The molecule has 1 heterocycles. The summed E-state index contributed by atoms with van der Waals surface area (Å²) in [4.78, 5) is 23.8. The Balaban J connectivity index is 2.04. The van der Waals surface area contributed by atoms with Gasteiger partial charge in [0.15, 0.2) is 0 Å². The summed E-state index contributed by atoms with van der Waals surface area (Å²) in [5, 5.41) is 2.78. The molecular formula is C17H24N2O6S. The Hall–Kier alpha value is -2.13. The number of benzene rings is 1. The lowest BCUT2D eigenvalue weighted by atomic mass is 9.99. The van der Waals surface area contributed by atoms with Crippen LogP contribution in [0.25, 0.3) is 0 Å². The third-order valence-corrected chi connectivity index (χ3v) is 5.36. The minimum atomic E-state index is -3.58. The second-order valence-electron chi connectivity index (χ2n) is 6.05. The van der Waals surface area contributed by atoms with Crippen LogP contribution in [0, 0.1) is 5.92 Å². The number of carbonyl (C=O) groups is 2. The van der Waals surface area contributed by atoms with Gasteiger partial charge in [0.25, 0.3) is 0 Å². The molecule has 1 aromatic rings. The lowest BCUT2D eigenvalue weighted by molar-refractivity contribution is -0.127. The van der Waals surface area contributed by atoms with Gasteiger partial charge in [0.05, 0.1) is 31.2 Å². The quantitative estimate of drug-likeness (QED) is 0.697. The second kappa shape index (κ2) is 9.00. The van der Waals surface area contributed by atoms with Crippen LogP contribution in [0.1, 0.15) is 23.2 Å². The first-order chi connectivity index (χ1) is 12.3. The number of ether oxygens (including phenoxy) is 2. The van der Waals surface area contributed by atoms with Crippen LogP contribution < -0.4 is 9.62 Å². The molecule has 0 saturated carbocycles. The van der Waals surface area contributed by atoms with E-state index in [1.165, 1.54) is 13.2 Å². The molecule has 0 aromatic heterocycles. The number of hydrogen-bond donors (Lipinski definition) is 1. The normalized spacial score (nSPS) is 15.3. The van der Waals surface area contributed by atoms with Crippen molar-refractivity contribution in [2.45, 2.75) is 12.8 Å². The number of sulfonamides is 1. The van der Waals surface area contributed by atoms with Gasteiger partial charge in [-0.25, -0.2) is 13.2 Å². The van der Waals surface area contributed by atoms with Gasteiger partial charge in [-0.2, -0.15) is 0 Å². The number of rotatable bonds is 7. The van der Waals surface area contributed by atoms with E-state index in [0.29, 0.717) is 31.7 Å². The monoisotopic (exact) mass is 384 g/mol. The fourth-order valence-electron chi connectivity index (χ4n) is 2.78. The van der Waals surface area contributed by atoms with Crippen molar-refractivity contribution >= 4 is 27.6 Å². The zero-order chi connectivity index (χ0) is 19.2. The number of methoxy groups -OCH3 is 1. The maximum absolute atomic E-state index is 12.2. The van der Waals surface area contributed by atoms with Gasteiger partial charge in [-0.1, -0.05) is 6.07 Å². The maximum atomic E-state index is 12.2. The smallest absolute Gasteiger partial charge is 0.337 e. The highest BCUT2D eigenvalue weighted by Gasteiger charge is 2.23. The van der Waals surface area contributed by atoms with Crippen LogP contribution in [-0.4, -0.2) is 60.0 Å². The molecule has 0 aliphatic carbocycles. The van der Waals surface area contributed by atoms with Crippen LogP contribution in [0.5, 0.6) is 0 Å². The van der Waals surface area contributed by atoms with Crippen LogP contribution >= 0.6 is 0 Å². The summed E-state index contributed by atoms with van der Waals surface area (Å²) in [6.45, 7) is 1.37. The molecule has 0 spiro atoms. The van der Waals surface area contributed by atoms with Crippen molar-refractivity contribution in [1.82, 2.24) is 5.32 Å². The molecule has 0 radical (unpaired) electrons. The van der Waals surface area contributed by atoms with Gasteiger partial charge in [0.1, 0.15) is 0 Å². The molecule has 0 atom stereocenters. The molecule has 26 heavy (non-hydrogen) atoms. The van der Waals surface area contributed by atoms with Gasteiger partial charge in [-0.15, -0.1) is 0 Å². The molecule has 1 aromatic carbocycles. The first kappa shape index (κ1) is 20.2. The lowest BCUT2D eigenvalue weighted by Crippen LogP contribution is -2.41. The molecule has 0 bridgehead atoms. The van der Waals surface area contributed by atoms with Gasteiger partial charge in [0, 0.05) is 25.7 Å². The van der Waals surface area contributed by atoms with Gasteiger partial charge in [-0.05, 0) is 31.0 Å². The number of nitrogens with zero attached hydrogens (tertiary/aromatic N) is 1. The third-order valence-electron chi connectivity index (χ3n) is 4.16. The predicted octanol–water partition coefficient (Wildman–Crippen LogP) is 0.782. The number of carbonyl (C=O) groups excluding carboxylic acids is 2. The lowest BCUT2D eigenvalue weighted by Gasteiger charge is -2.24. The van der Waals surface area contributed by atoms with Crippen LogP contribution in [0.2, 0.25) is 0 Å². The SMILES string of the molecule is COC(=O)c1cccc(N(CCNC(=O)C2CCOCC2)S(C)(=O)=O)c1. The number of esters is 1. The summed E-state index contributed by atoms with van der Waals surface area (Å²) in [6.07, 6.45) is 2.42. The zero-order valence-electron chi connectivity index (χ0n) is 14.9. The molecular weight excluding hydrogens is 360 g/mol. The predicted molar refractivity (Wildman–Crippen MR) is 96.5 cm³/mol. The van der Waals surface area contributed by atoms with Crippen molar-refractivity contribution in [2.75, 3.05) is 44.0 Å². The molecule has 0 unspecified atom stereocenters. The van der Waals surface area contributed by atoms with E-state index in [2.05, 4.69) is 10.1 Å². The average molecular weight is 384 g/mol. The van der Waals surface area contributed by atoms with Gasteiger partial charge < -0.3 is 14.8 Å². The Kier molecular flexibility index (Phi) is 6.98. The second-order valence-corrected chi connectivity index (χ2v) is 7.96. The van der Waals surface area contributed by atoms with E-state index in [0.717, 1.165) is 10.6 Å². The highest BCUT2D eigenvalue weighted by molar-refractivity contribution is 7.92. The molecule has 9 heteroatoms. The summed E-state index contributed by atoms with van der Waals surface area (Å²) < 4.78 is 35.3. The minimum absolute atomic E-state index is 0.0679. The molecule has 1 aliphatic rings. The summed E-state index contributed by atoms with van der Waals surface area (Å²) in [5.41, 5.74) is 0.598. The van der Waals surface area contributed by atoms with E-state index >= 15 is 0 Å². The highest BCUT2D eigenvalue weighted by atomic mass is 32.2. The van der Waals surface area contributed by atoms with Crippen molar-refractivity contribution in [1.29, 1.82) is 0 Å². The zero-order valence-corrected chi connectivity index (χ0v) is 15.8. The van der Waals surface area contributed by atoms with Gasteiger partial charge in [0.2, 0.25) is 15.9 Å². The molecule has 1 fully saturated rings. The summed E-state index contributed by atoms with van der Waals surface area (Å²) in [7, 11) is -2.32. The summed E-state index contributed by atoms with van der Waals surface area (Å²) in [5.74, 6) is -0.740. The largest absolute Gasteiger partial charge is 0.465 e. The van der Waals surface area contributed by atoms with Gasteiger partial charge in [-0.3, -0.25) is 9.10 Å². The molecule has 1 amide bonds. The average Bonchev–Trinajstić information content (AvgIpc) is 2.64. The van der Waals surface area contributed by atoms with E-state index < -0.39 is 16.0 Å². The first-order valence-electron chi connectivity index (χ1n) is 8.34. The molecule has 2 rings (SSSR count). The van der Waals surface area contributed by atoms with Crippen LogP contribution in [-0.2, 0) is 24.3 Å². The Morgan fingerprint density at radius 1 is 1.31 bits per heavy atom. The minimum Gasteiger partial charge on any atom is -0.465 e. The van der Waals surface area contributed by atoms with E-state index in [1.54, 1.807) is 18.2 Å². The van der Waals surface area contributed by atoms with E-state index in [9.17, 15) is 18.0 Å². The number of amides is 1. The van der Waals surface area contributed by atoms with Crippen molar-refractivity contribution in [2.24, 2.45) is 5.92 Å². The topological polar surface area (TPSA) is 102 Å². The molecule has 1 saturated heterocycles. The van der Waals surface area contributed by atoms with Crippen molar-refractivity contribution in [3.8, 4) is 0 Å². The van der Waals surface area contributed by atoms with Crippen molar-refractivity contribution in [3.05, 3.63) is 29.8 Å². The maximum Gasteiger partial charge on any atom is 0.337 e. The summed E-state index contributed by atoms with van der Waals surface area (Å²) >= 11 is 0. The molecule has 1 N–H and O–H groups in total. The van der Waals surface area contributed by atoms with Crippen LogP contribution in [0.15, 0.2) is 24.3 Å². The fraction of sp³-hybridized carbons (Fsp3) is 0.529. The third kappa shape index (κ3) is 5.43. The highest BCUT2D eigenvalue weighted by Crippen LogP contribution is 2.19. The number of anilines is 1. The Morgan fingerprint density at radius 2 is 2.00 bits per heavy atom. The fourth-order valence-corrected chi connectivity index (χ4v) is 3.70. The Labute approximate surface area is 153 Å². The number of nitrogens with one attached hydrogen (secondary N) is 1. The van der Waals surface area contributed by atoms with Crippen molar-refractivity contribution < 1.29 is 27.5 Å². The van der Waals surface area contributed by atoms with E-state index in [4.69, 9.17) is 4.74 Å². The first-order valence-corrected chi connectivity index (χ1v) is 10.2. The number of hydrogen-bond acceptors (Lipinski definition) is 6.